The van der Waals surface area contributed by atoms with Gasteiger partial charge in [-0.3, -0.25) is 4.79 Å². The largest absolute Gasteiger partial charge is 0.497 e. The first-order chi connectivity index (χ1) is 10.2. The van der Waals surface area contributed by atoms with Gasteiger partial charge in [0.2, 0.25) is 5.88 Å². The third kappa shape index (κ3) is 3.95. The lowest BCUT2D eigenvalue weighted by molar-refractivity contribution is 0.0950. The number of nitrogens with zero attached hydrogens (tertiary/aromatic N) is 1. The molecule has 5 heteroatoms. The Kier molecular flexibility index (Phi) is 5.15. The summed E-state index contributed by atoms with van der Waals surface area (Å²) in [6, 6.07) is 11.2. The van der Waals surface area contributed by atoms with Crippen LogP contribution in [0.3, 0.4) is 0 Å². The Morgan fingerprint density at radius 1 is 1.14 bits per heavy atom. The van der Waals surface area contributed by atoms with Crippen molar-refractivity contribution in [2.45, 2.75) is 6.42 Å². The fourth-order valence-corrected chi connectivity index (χ4v) is 1.93. The molecule has 0 spiro atoms. The minimum atomic E-state index is -0.187. The Balaban J connectivity index is 1.89. The van der Waals surface area contributed by atoms with Gasteiger partial charge in [-0.05, 0) is 36.2 Å². The molecule has 5 nitrogen and oxygen atoms in total. The monoisotopic (exact) mass is 286 g/mol. The average Bonchev–Trinajstić information content (AvgIpc) is 2.55. The van der Waals surface area contributed by atoms with E-state index in [1.807, 2.05) is 24.3 Å². The van der Waals surface area contributed by atoms with E-state index in [1.54, 1.807) is 25.4 Å². The molecular weight excluding hydrogens is 268 g/mol. The molecule has 0 unspecified atom stereocenters. The molecule has 0 saturated heterocycles. The Morgan fingerprint density at radius 2 is 1.90 bits per heavy atom. The third-order valence-electron chi connectivity index (χ3n) is 3.07. The summed E-state index contributed by atoms with van der Waals surface area (Å²) in [5.41, 5.74) is 1.57. The number of carbonyl (C=O) groups is 1. The number of rotatable bonds is 6. The molecule has 1 aromatic carbocycles. The van der Waals surface area contributed by atoms with Gasteiger partial charge in [-0.1, -0.05) is 12.1 Å². The highest BCUT2D eigenvalue weighted by molar-refractivity contribution is 5.96. The van der Waals surface area contributed by atoms with Crippen molar-refractivity contribution >= 4 is 5.91 Å². The minimum Gasteiger partial charge on any atom is -0.497 e. The first kappa shape index (κ1) is 14.8. The molecule has 0 aliphatic heterocycles. The van der Waals surface area contributed by atoms with Crippen molar-refractivity contribution < 1.29 is 14.3 Å². The molecule has 0 bridgehead atoms. The number of hydrogen-bond acceptors (Lipinski definition) is 4. The number of carbonyl (C=O) groups excluding carboxylic acids is 1. The van der Waals surface area contributed by atoms with E-state index in [-0.39, 0.29) is 5.91 Å². The van der Waals surface area contributed by atoms with Gasteiger partial charge in [-0.15, -0.1) is 0 Å². The molecule has 0 radical (unpaired) electrons. The predicted octanol–water partition coefficient (Wildman–Crippen LogP) is 2.07. The Labute approximate surface area is 123 Å². The molecule has 1 amide bonds. The van der Waals surface area contributed by atoms with E-state index in [9.17, 15) is 4.79 Å². The maximum Gasteiger partial charge on any atom is 0.256 e. The van der Waals surface area contributed by atoms with Crippen LogP contribution in [0, 0.1) is 0 Å². The van der Waals surface area contributed by atoms with Crippen LogP contribution in [0.1, 0.15) is 15.9 Å². The molecule has 0 fully saturated rings. The standard InChI is InChI=1S/C16H18N2O3/c1-20-13-7-5-12(6-8-13)9-11-17-15(19)14-4-3-10-18-16(14)21-2/h3-8,10H,9,11H2,1-2H3,(H,17,19). The van der Waals surface area contributed by atoms with Gasteiger partial charge in [0.1, 0.15) is 11.3 Å². The molecule has 1 N–H and O–H groups in total. The molecule has 2 rings (SSSR count). The number of benzene rings is 1. The number of ether oxygens (including phenoxy) is 2. The number of nitrogens with one attached hydrogen (secondary N) is 1. The van der Waals surface area contributed by atoms with E-state index in [0.717, 1.165) is 17.7 Å². The normalized spacial score (nSPS) is 10.0. The van der Waals surface area contributed by atoms with Crippen LogP contribution in [-0.2, 0) is 6.42 Å². The van der Waals surface area contributed by atoms with Crippen LogP contribution < -0.4 is 14.8 Å². The number of amides is 1. The highest BCUT2D eigenvalue weighted by Gasteiger charge is 2.11. The molecule has 1 heterocycles. The quantitative estimate of drug-likeness (QED) is 0.883. The second kappa shape index (κ2) is 7.28. The van der Waals surface area contributed by atoms with Crippen molar-refractivity contribution in [1.82, 2.24) is 10.3 Å². The first-order valence-electron chi connectivity index (χ1n) is 6.64. The number of methoxy groups -OCH3 is 2. The van der Waals surface area contributed by atoms with Crippen LogP contribution in [0.5, 0.6) is 11.6 Å². The van der Waals surface area contributed by atoms with Crippen molar-refractivity contribution in [3.05, 3.63) is 53.7 Å². The van der Waals surface area contributed by atoms with Crippen LogP contribution in [0.25, 0.3) is 0 Å². The van der Waals surface area contributed by atoms with E-state index in [0.29, 0.717) is 18.0 Å². The van der Waals surface area contributed by atoms with Crippen LogP contribution in [0.4, 0.5) is 0 Å². The van der Waals surface area contributed by atoms with Crippen molar-refractivity contribution in [3.63, 3.8) is 0 Å². The minimum absolute atomic E-state index is 0.187. The second-order valence-corrected chi connectivity index (χ2v) is 4.41. The summed E-state index contributed by atoms with van der Waals surface area (Å²) in [5, 5.41) is 2.86. The van der Waals surface area contributed by atoms with Crippen LogP contribution in [0.2, 0.25) is 0 Å². The topological polar surface area (TPSA) is 60.5 Å². The lowest BCUT2D eigenvalue weighted by Gasteiger charge is -2.08. The fraction of sp³-hybridized carbons (Fsp3) is 0.250. The zero-order valence-corrected chi connectivity index (χ0v) is 12.1. The Bertz CT molecular complexity index is 597. The highest BCUT2D eigenvalue weighted by atomic mass is 16.5. The van der Waals surface area contributed by atoms with Gasteiger partial charge in [0, 0.05) is 12.7 Å². The zero-order chi connectivity index (χ0) is 15.1. The van der Waals surface area contributed by atoms with Gasteiger partial charge in [0.25, 0.3) is 5.91 Å². The molecule has 1 aromatic heterocycles. The molecular formula is C16H18N2O3. The lowest BCUT2D eigenvalue weighted by Crippen LogP contribution is -2.26. The van der Waals surface area contributed by atoms with E-state index < -0.39 is 0 Å². The van der Waals surface area contributed by atoms with Crippen LogP contribution >= 0.6 is 0 Å². The fourth-order valence-electron chi connectivity index (χ4n) is 1.93. The van der Waals surface area contributed by atoms with E-state index in [2.05, 4.69) is 10.3 Å². The molecule has 0 atom stereocenters. The highest BCUT2D eigenvalue weighted by Crippen LogP contribution is 2.13. The third-order valence-corrected chi connectivity index (χ3v) is 3.07. The van der Waals surface area contributed by atoms with Gasteiger partial charge in [0.05, 0.1) is 14.2 Å². The maximum atomic E-state index is 12.1. The summed E-state index contributed by atoms with van der Waals surface area (Å²) in [5.74, 6) is 0.968. The number of aromatic nitrogens is 1. The first-order valence-corrected chi connectivity index (χ1v) is 6.64. The summed E-state index contributed by atoms with van der Waals surface area (Å²) < 4.78 is 10.2. The zero-order valence-electron chi connectivity index (χ0n) is 12.1. The van der Waals surface area contributed by atoms with Gasteiger partial charge < -0.3 is 14.8 Å². The number of pyridine rings is 1. The molecule has 21 heavy (non-hydrogen) atoms. The smallest absolute Gasteiger partial charge is 0.256 e. The molecule has 0 aliphatic rings. The van der Waals surface area contributed by atoms with Crippen LogP contribution in [-0.4, -0.2) is 31.7 Å². The molecule has 0 saturated carbocycles. The summed E-state index contributed by atoms with van der Waals surface area (Å²) in [6.07, 6.45) is 2.34. The van der Waals surface area contributed by atoms with Crippen molar-refractivity contribution in [1.29, 1.82) is 0 Å². The predicted molar refractivity (Wildman–Crippen MR) is 79.8 cm³/mol. The van der Waals surface area contributed by atoms with Crippen molar-refractivity contribution in [3.8, 4) is 11.6 Å². The van der Waals surface area contributed by atoms with Gasteiger partial charge in [-0.2, -0.15) is 0 Å². The average molecular weight is 286 g/mol. The summed E-state index contributed by atoms with van der Waals surface area (Å²) >= 11 is 0. The van der Waals surface area contributed by atoms with Gasteiger partial charge >= 0.3 is 0 Å². The Morgan fingerprint density at radius 3 is 2.57 bits per heavy atom. The van der Waals surface area contributed by atoms with Gasteiger partial charge in [-0.25, -0.2) is 4.98 Å². The van der Waals surface area contributed by atoms with Gasteiger partial charge in [0.15, 0.2) is 0 Å². The molecule has 2 aromatic rings. The lowest BCUT2D eigenvalue weighted by atomic mass is 10.1. The summed E-state index contributed by atoms with van der Waals surface area (Å²) in [6.45, 7) is 0.545. The van der Waals surface area contributed by atoms with Crippen molar-refractivity contribution in [2.75, 3.05) is 20.8 Å². The Hall–Kier alpha value is -2.56. The summed E-state index contributed by atoms with van der Waals surface area (Å²) in [7, 11) is 3.13. The SMILES string of the molecule is COc1ccc(CCNC(=O)c2cccnc2OC)cc1. The second-order valence-electron chi connectivity index (χ2n) is 4.41. The van der Waals surface area contributed by atoms with E-state index in [1.165, 1.54) is 7.11 Å². The van der Waals surface area contributed by atoms with Crippen LogP contribution in [0.15, 0.2) is 42.6 Å². The summed E-state index contributed by atoms with van der Waals surface area (Å²) in [4.78, 5) is 16.1. The van der Waals surface area contributed by atoms with Crippen molar-refractivity contribution in [2.24, 2.45) is 0 Å². The molecule has 0 aliphatic carbocycles. The van der Waals surface area contributed by atoms with E-state index >= 15 is 0 Å². The van der Waals surface area contributed by atoms with E-state index in [4.69, 9.17) is 9.47 Å². The maximum absolute atomic E-state index is 12.1. The number of hydrogen-bond donors (Lipinski definition) is 1. The molecule has 110 valence electrons.